The van der Waals surface area contributed by atoms with Gasteiger partial charge in [0.05, 0.1) is 0 Å². The van der Waals surface area contributed by atoms with E-state index in [4.69, 9.17) is 77.6 Å². The first kappa shape index (κ1) is 18.5. The summed E-state index contributed by atoms with van der Waals surface area (Å²) in [5, 5.41) is -2.72. The highest BCUT2D eigenvalue weighted by molar-refractivity contribution is 7.81. The van der Waals surface area contributed by atoms with Gasteiger partial charge in [-0.25, -0.2) is 0 Å². The highest BCUT2D eigenvalue weighted by Gasteiger charge is 2.19. The smallest absolute Gasteiger partial charge is 0.147 e. The molecule has 10 heavy (non-hydrogen) atoms. The Morgan fingerprint density at radius 1 is 0.900 bits per heavy atom. The molecule has 0 amide bonds. The second-order valence-corrected chi connectivity index (χ2v) is 18.3. The lowest BCUT2D eigenvalue weighted by Gasteiger charge is -1.85. The predicted molar refractivity (Wildman–Crippen MR) is 62.2 cm³/mol. The van der Waals surface area contributed by atoms with E-state index in [1.807, 2.05) is 0 Å². The first-order valence-corrected chi connectivity index (χ1v) is 12.7. The Hall–Kier alpha value is 2.75. The van der Waals surface area contributed by atoms with Crippen molar-refractivity contribution >= 4 is 102 Å². The van der Waals surface area contributed by atoms with Crippen molar-refractivity contribution < 1.29 is 1.43 Å². The van der Waals surface area contributed by atoms with Gasteiger partial charge in [-0.05, 0) is 0 Å². The van der Waals surface area contributed by atoms with Gasteiger partial charge in [0, 0.05) is 0 Å². The molecule has 0 atom stereocenters. The molecule has 0 nitrogen and oxygen atoms in total. The summed E-state index contributed by atoms with van der Waals surface area (Å²) < 4.78 is 0. The minimum atomic E-state index is -2.72. The standard InChI is InChI=1S/Cl4Si.Cl3HSi.ClH/c1-5(2,3)4;1-4(2)3;/h;4H;1H/p+1. The highest BCUT2D eigenvalue weighted by atomic mass is 36.0. The lowest BCUT2D eigenvalue weighted by Crippen LogP contribution is -1.91. The minimum absolute atomic E-state index is 0. The van der Waals surface area contributed by atoms with E-state index < -0.39 is 12.0 Å². The van der Waals surface area contributed by atoms with Crippen LogP contribution in [0, 0.1) is 0 Å². The summed E-state index contributed by atoms with van der Waals surface area (Å²) in [6.45, 7) is -1.72. The van der Waals surface area contributed by atoms with Gasteiger partial charge < -0.3 is 0 Å². The molecule has 0 saturated heterocycles. The molecular weight excluding hydrogens is 340 g/mol. The van der Waals surface area contributed by atoms with Crippen LogP contribution in [0.5, 0.6) is 0 Å². The lowest BCUT2D eigenvalue weighted by atomic mass is 27.6. The average molecular weight is 343 g/mol. The van der Waals surface area contributed by atoms with Crippen molar-refractivity contribution in [3.05, 3.63) is 0 Å². The second kappa shape index (κ2) is 9.84. The van der Waals surface area contributed by atoms with Gasteiger partial charge in [-0.2, -0.15) is 0 Å². The van der Waals surface area contributed by atoms with Crippen LogP contribution < -0.4 is 0 Å². The van der Waals surface area contributed by atoms with Crippen LogP contribution in [0.3, 0.4) is 0 Å². The van der Waals surface area contributed by atoms with Crippen LogP contribution in [0.4, 0.5) is 0 Å². The molecule has 0 unspecified atom stereocenters. The molecular formula is H3Cl8Si2+. The van der Waals surface area contributed by atoms with Crippen molar-refractivity contribution in [3.8, 4) is 0 Å². The summed E-state index contributed by atoms with van der Waals surface area (Å²) in [5.74, 6) is 0. The third kappa shape index (κ3) is 135. The lowest BCUT2D eigenvalue weighted by molar-refractivity contribution is 3.80. The number of hydrogen-bond donors (Lipinski definition) is 0. The second-order valence-electron chi connectivity index (χ2n) is 0.676. The van der Waals surface area contributed by atoms with Crippen LogP contribution in [0.2, 0.25) is 0 Å². The highest BCUT2D eigenvalue weighted by Crippen LogP contribution is 2.23. The molecule has 0 aromatic carbocycles. The molecule has 66 valence electrons. The molecule has 0 rings (SSSR count). The largest absolute Gasteiger partial charge is 1.00 e. The van der Waals surface area contributed by atoms with Gasteiger partial charge in [-0.1, -0.05) is 0 Å². The summed E-state index contributed by atoms with van der Waals surface area (Å²) in [6.07, 6.45) is 0. The van der Waals surface area contributed by atoms with E-state index in [0.717, 1.165) is 0 Å². The summed E-state index contributed by atoms with van der Waals surface area (Å²) >= 11 is 34.7. The molecule has 0 heterocycles. The Balaban J connectivity index is -0.0000000383. The quantitative estimate of drug-likeness (QED) is 0.454. The Morgan fingerprint density at radius 3 is 0.900 bits per heavy atom. The zero-order chi connectivity index (χ0) is 8.08. The van der Waals surface area contributed by atoms with Crippen molar-refractivity contribution in [1.29, 1.82) is 0 Å². The monoisotopic (exact) mass is 339 g/mol. The van der Waals surface area contributed by atoms with Crippen molar-refractivity contribution in [2.75, 3.05) is 0 Å². The van der Waals surface area contributed by atoms with E-state index in [1.54, 1.807) is 0 Å². The summed E-state index contributed by atoms with van der Waals surface area (Å²) in [6, 6.07) is 0. The topological polar surface area (TPSA) is 0 Å². The number of hydrogen-bond acceptors (Lipinski definition) is 0. The van der Waals surface area contributed by atoms with Crippen LogP contribution in [0.15, 0.2) is 0 Å². The van der Waals surface area contributed by atoms with E-state index in [-0.39, 0.29) is 13.8 Å². The molecule has 0 N–H and O–H groups in total. The van der Waals surface area contributed by atoms with Gasteiger partial charge >= 0.3 is 13.5 Å². The fourth-order valence-corrected chi connectivity index (χ4v) is 0. The van der Waals surface area contributed by atoms with Crippen LogP contribution in [-0.4, -0.2) is 12.0 Å². The van der Waals surface area contributed by atoms with E-state index in [9.17, 15) is 0 Å². The Kier molecular flexibility index (Phi) is 18.2. The van der Waals surface area contributed by atoms with Crippen LogP contribution in [0.25, 0.3) is 0 Å². The Labute approximate surface area is 102 Å². The van der Waals surface area contributed by atoms with Gasteiger partial charge in [-0.3, -0.25) is 0 Å². The van der Waals surface area contributed by atoms with Crippen LogP contribution >= 0.6 is 90.0 Å². The molecule has 0 aromatic rings. The third-order valence-electron chi connectivity index (χ3n) is 0. The number of halogens is 8. The maximum atomic E-state index is 4.97. The van der Waals surface area contributed by atoms with E-state index in [0.29, 0.717) is 0 Å². The minimum Gasteiger partial charge on any atom is -0.147 e. The molecule has 0 radical (unpaired) electrons. The fourth-order valence-electron chi connectivity index (χ4n) is 0. The van der Waals surface area contributed by atoms with Gasteiger partial charge in [0.15, 0.2) is 0 Å². The number of rotatable bonds is 0. The van der Waals surface area contributed by atoms with Crippen molar-refractivity contribution in [2.24, 2.45) is 0 Å². The first-order chi connectivity index (χ1) is 3.73. The van der Waals surface area contributed by atoms with Gasteiger partial charge in [-0.15, -0.1) is 90.0 Å². The van der Waals surface area contributed by atoms with Crippen LogP contribution in [0.1, 0.15) is 1.43 Å². The zero-order valence-electron chi connectivity index (χ0n) is 5.13. The van der Waals surface area contributed by atoms with Crippen molar-refractivity contribution in [1.82, 2.24) is 0 Å². The van der Waals surface area contributed by atoms with Crippen molar-refractivity contribution in [3.63, 3.8) is 0 Å². The van der Waals surface area contributed by atoms with Crippen LogP contribution in [-0.2, 0) is 0 Å². The van der Waals surface area contributed by atoms with Gasteiger partial charge in [0.25, 0.3) is 0 Å². The summed E-state index contributed by atoms with van der Waals surface area (Å²) in [5.41, 5.74) is 0. The molecule has 0 spiro atoms. The van der Waals surface area contributed by atoms with E-state index >= 15 is 0 Å². The molecule has 0 aliphatic rings. The third-order valence-corrected chi connectivity index (χ3v) is 0. The zero-order valence-corrected chi connectivity index (χ0v) is 12.4. The van der Waals surface area contributed by atoms with Gasteiger partial charge in [0.1, 0.15) is 0 Å². The van der Waals surface area contributed by atoms with Crippen molar-refractivity contribution in [2.45, 2.75) is 0 Å². The molecule has 0 aliphatic carbocycles. The van der Waals surface area contributed by atoms with E-state index in [2.05, 4.69) is 0 Å². The molecule has 0 saturated carbocycles. The fraction of sp³-hybridized carbons (Fsp3) is 0. The Morgan fingerprint density at radius 2 is 0.900 bits per heavy atom. The van der Waals surface area contributed by atoms with E-state index in [1.165, 1.54) is 0 Å². The Bertz CT molecular complexity index is 48.8. The maximum absolute atomic E-state index is 4.97. The normalized spacial score (nSPS) is 9.60. The molecule has 0 bridgehead atoms. The summed E-state index contributed by atoms with van der Waals surface area (Å²) in [7, 11) is 0. The SMILES string of the molecule is Cl.Cl[SiH](Cl)Cl.Cl[Si](Cl)(Cl)Cl.[H+]. The molecule has 10 heteroatoms. The van der Waals surface area contributed by atoms with Gasteiger partial charge in [0.2, 0.25) is 0 Å². The average Bonchev–Trinajstić information content (AvgIpc) is 1.19. The summed E-state index contributed by atoms with van der Waals surface area (Å²) in [4.78, 5) is 0. The molecule has 0 fully saturated rings. The predicted octanol–water partition coefficient (Wildman–Crippen LogP) is 4.33. The molecule has 0 aliphatic heterocycles. The first-order valence-electron chi connectivity index (χ1n) is 1.41. The maximum Gasteiger partial charge on any atom is 1.00 e. The molecule has 0 aromatic heterocycles.